The molecule has 2 aromatic rings. The number of imidazole rings is 1. The van der Waals surface area contributed by atoms with Crippen molar-refractivity contribution >= 4 is 16.0 Å². The van der Waals surface area contributed by atoms with E-state index in [0.717, 1.165) is 6.42 Å². The van der Waals surface area contributed by atoms with Gasteiger partial charge in [0.2, 0.25) is 0 Å². The minimum atomic E-state index is -3.65. The van der Waals surface area contributed by atoms with Crippen LogP contribution >= 0.6 is 0 Å². The Hall–Kier alpha value is -2.34. The number of esters is 1. The molecule has 0 aliphatic carbocycles. The standard InChI is InChI=1S/C16H25N7O4S/c1-4-7-23-14(18-19-20-23)11-27-16(24)13-5-8-22(9-6-13)28(25,26)15-10-21(3)12(2)17-15/h10,13H,4-9,11H2,1-3H3. The molecule has 0 aromatic carbocycles. The van der Waals surface area contributed by atoms with Crippen LogP contribution in [0, 0.1) is 12.8 Å². The molecule has 0 radical (unpaired) electrons. The molecular formula is C16H25N7O4S. The fraction of sp³-hybridized carbons (Fsp3) is 0.688. The molecular weight excluding hydrogens is 386 g/mol. The molecule has 28 heavy (non-hydrogen) atoms. The van der Waals surface area contributed by atoms with Crippen LogP contribution in [-0.4, -0.2) is 61.5 Å². The van der Waals surface area contributed by atoms with Gasteiger partial charge in [-0.05, 0) is 36.6 Å². The molecule has 0 bridgehead atoms. The largest absolute Gasteiger partial charge is 0.457 e. The van der Waals surface area contributed by atoms with E-state index in [4.69, 9.17) is 4.74 Å². The molecule has 1 aliphatic rings. The Morgan fingerprint density at radius 3 is 2.64 bits per heavy atom. The van der Waals surface area contributed by atoms with Gasteiger partial charge in [0.25, 0.3) is 10.0 Å². The number of aromatic nitrogens is 6. The first-order chi connectivity index (χ1) is 13.3. The van der Waals surface area contributed by atoms with Gasteiger partial charge >= 0.3 is 5.97 Å². The number of hydrogen-bond donors (Lipinski definition) is 0. The van der Waals surface area contributed by atoms with Gasteiger partial charge in [0, 0.05) is 32.9 Å². The van der Waals surface area contributed by atoms with E-state index in [1.54, 1.807) is 23.2 Å². The lowest BCUT2D eigenvalue weighted by atomic mass is 9.98. The van der Waals surface area contributed by atoms with E-state index in [1.807, 2.05) is 6.92 Å². The number of tetrazole rings is 1. The van der Waals surface area contributed by atoms with Gasteiger partial charge < -0.3 is 9.30 Å². The summed E-state index contributed by atoms with van der Waals surface area (Å²) in [5, 5.41) is 11.4. The van der Waals surface area contributed by atoms with Crippen LogP contribution in [0.4, 0.5) is 0 Å². The highest BCUT2D eigenvalue weighted by Crippen LogP contribution is 2.24. The molecule has 0 spiro atoms. The number of carbonyl (C=O) groups is 1. The number of nitrogens with zero attached hydrogens (tertiary/aromatic N) is 7. The number of ether oxygens (including phenoxy) is 1. The summed E-state index contributed by atoms with van der Waals surface area (Å²) >= 11 is 0. The van der Waals surface area contributed by atoms with Crippen molar-refractivity contribution < 1.29 is 17.9 Å². The highest BCUT2D eigenvalue weighted by molar-refractivity contribution is 7.89. The Bertz CT molecular complexity index is 909. The molecule has 11 nitrogen and oxygen atoms in total. The lowest BCUT2D eigenvalue weighted by molar-refractivity contribution is -0.151. The lowest BCUT2D eigenvalue weighted by Crippen LogP contribution is -2.40. The van der Waals surface area contributed by atoms with Gasteiger partial charge in [-0.2, -0.15) is 4.31 Å². The van der Waals surface area contributed by atoms with Crippen LogP contribution in [-0.2, 0) is 39.8 Å². The molecule has 3 rings (SSSR count). The predicted octanol–water partition coefficient (Wildman–Crippen LogP) is 0.269. The summed E-state index contributed by atoms with van der Waals surface area (Å²) < 4.78 is 35.4. The van der Waals surface area contributed by atoms with Crippen molar-refractivity contribution in [2.45, 2.75) is 51.3 Å². The monoisotopic (exact) mass is 411 g/mol. The van der Waals surface area contributed by atoms with Gasteiger partial charge in [0.1, 0.15) is 5.82 Å². The van der Waals surface area contributed by atoms with Crippen molar-refractivity contribution in [3.05, 3.63) is 17.8 Å². The first-order valence-corrected chi connectivity index (χ1v) is 10.7. The van der Waals surface area contributed by atoms with Gasteiger partial charge in [0.15, 0.2) is 17.5 Å². The molecule has 0 unspecified atom stereocenters. The molecule has 0 saturated carbocycles. The number of carbonyl (C=O) groups excluding carboxylic acids is 1. The average Bonchev–Trinajstić information content (AvgIpc) is 3.27. The van der Waals surface area contributed by atoms with E-state index in [2.05, 4.69) is 20.5 Å². The Kier molecular flexibility index (Phi) is 6.08. The highest BCUT2D eigenvalue weighted by atomic mass is 32.2. The van der Waals surface area contributed by atoms with Crippen molar-refractivity contribution in [3.8, 4) is 0 Å². The summed E-state index contributed by atoms with van der Waals surface area (Å²) in [4.78, 5) is 16.5. The zero-order chi connectivity index (χ0) is 20.3. The summed E-state index contributed by atoms with van der Waals surface area (Å²) in [6, 6.07) is 0. The Morgan fingerprint density at radius 1 is 1.32 bits per heavy atom. The zero-order valence-corrected chi connectivity index (χ0v) is 17.1. The number of rotatable bonds is 7. The van der Waals surface area contributed by atoms with Crippen LogP contribution in [0.15, 0.2) is 11.2 Å². The molecule has 1 saturated heterocycles. The topological polar surface area (TPSA) is 125 Å². The summed E-state index contributed by atoms with van der Waals surface area (Å²) in [5.41, 5.74) is 0. The maximum absolute atomic E-state index is 12.7. The summed E-state index contributed by atoms with van der Waals surface area (Å²) in [6.45, 7) is 4.93. The summed E-state index contributed by atoms with van der Waals surface area (Å²) in [7, 11) is -1.90. The number of hydrogen-bond acceptors (Lipinski definition) is 8. The predicted molar refractivity (Wildman–Crippen MR) is 97.3 cm³/mol. The van der Waals surface area contributed by atoms with E-state index < -0.39 is 10.0 Å². The van der Waals surface area contributed by atoms with Crippen molar-refractivity contribution in [1.29, 1.82) is 0 Å². The molecule has 1 fully saturated rings. The molecule has 12 heteroatoms. The van der Waals surface area contributed by atoms with Crippen LogP contribution in [0.2, 0.25) is 0 Å². The van der Waals surface area contributed by atoms with Gasteiger partial charge in [-0.15, -0.1) is 5.10 Å². The third kappa shape index (κ3) is 4.22. The van der Waals surface area contributed by atoms with Gasteiger partial charge in [-0.3, -0.25) is 4.79 Å². The Morgan fingerprint density at radius 2 is 2.04 bits per heavy atom. The fourth-order valence-corrected chi connectivity index (χ4v) is 4.58. The van der Waals surface area contributed by atoms with Gasteiger partial charge in [-0.1, -0.05) is 6.92 Å². The van der Waals surface area contributed by atoms with Crippen molar-refractivity contribution in [2.24, 2.45) is 13.0 Å². The lowest BCUT2D eigenvalue weighted by Gasteiger charge is -2.29. The maximum Gasteiger partial charge on any atom is 0.309 e. The van der Waals surface area contributed by atoms with Crippen LogP contribution in [0.25, 0.3) is 0 Å². The molecule has 2 aromatic heterocycles. The normalized spacial score (nSPS) is 16.4. The van der Waals surface area contributed by atoms with Gasteiger partial charge in [0.05, 0.1) is 5.92 Å². The zero-order valence-electron chi connectivity index (χ0n) is 16.3. The smallest absolute Gasteiger partial charge is 0.309 e. The number of piperidine rings is 1. The maximum atomic E-state index is 12.7. The first-order valence-electron chi connectivity index (χ1n) is 9.24. The van der Waals surface area contributed by atoms with Crippen LogP contribution in [0.3, 0.4) is 0 Å². The second kappa shape index (κ2) is 8.35. The highest BCUT2D eigenvalue weighted by Gasteiger charge is 2.34. The summed E-state index contributed by atoms with van der Waals surface area (Å²) in [6.07, 6.45) is 3.19. The van der Waals surface area contributed by atoms with E-state index in [1.165, 1.54) is 10.5 Å². The van der Waals surface area contributed by atoms with E-state index in [9.17, 15) is 13.2 Å². The van der Waals surface area contributed by atoms with E-state index in [0.29, 0.717) is 31.0 Å². The van der Waals surface area contributed by atoms with Crippen molar-refractivity contribution in [2.75, 3.05) is 13.1 Å². The third-order valence-electron chi connectivity index (χ3n) is 4.86. The first kappa shape index (κ1) is 20.4. The van der Waals surface area contributed by atoms with Gasteiger partial charge in [-0.25, -0.2) is 18.1 Å². The molecule has 154 valence electrons. The van der Waals surface area contributed by atoms with Crippen LogP contribution < -0.4 is 0 Å². The molecule has 0 N–H and O–H groups in total. The Balaban J connectivity index is 1.54. The molecule has 0 amide bonds. The quantitative estimate of drug-likeness (QED) is 0.595. The third-order valence-corrected chi connectivity index (χ3v) is 6.63. The number of aryl methyl sites for hydroxylation is 3. The van der Waals surface area contributed by atoms with Crippen molar-refractivity contribution in [1.82, 2.24) is 34.1 Å². The summed E-state index contributed by atoms with van der Waals surface area (Å²) in [5.74, 6) is 0.437. The minimum Gasteiger partial charge on any atom is -0.457 e. The second-order valence-corrected chi connectivity index (χ2v) is 8.73. The SMILES string of the molecule is CCCn1nnnc1COC(=O)C1CCN(S(=O)(=O)c2cn(C)c(C)n2)CC1. The number of sulfonamides is 1. The van der Waals surface area contributed by atoms with Crippen LogP contribution in [0.1, 0.15) is 37.8 Å². The van der Waals surface area contributed by atoms with E-state index >= 15 is 0 Å². The minimum absolute atomic E-state index is 0.0115. The second-order valence-electron chi connectivity index (χ2n) is 6.84. The molecule has 0 atom stereocenters. The molecule has 3 heterocycles. The molecule has 1 aliphatic heterocycles. The van der Waals surface area contributed by atoms with E-state index in [-0.39, 0.29) is 36.6 Å². The van der Waals surface area contributed by atoms with Crippen LogP contribution in [0.5, 0.6) is 0 Å². The average molecular weight is 411 g/mol. The Labute approximate surface area is 163 Å². The fourth-order valence-electron chi connectivity index (χ4n) is 3.08. The van der Waals surface area contributed by atoms with Crippen molar-refractivity contribution in [3.63, 3.8) is 0 Å².